The predicted molar refractivity (Wildman–Crippen MR) is 82.1 cm³/mol. The minimum atomic E-state index is 0.719. The zero-order valence-electron chi connectivity index (χ0n) is 10.2. The molecule has 3 heteroatoms. The Balaban J connectivity index is 2.06. The van der Waals surface area contributed by atoms with Crippen LogP contribution in [0.15, 0.2) is 30.3 Å². The molecular formula is C14H21NS2. The quantitative estimate of drug-likeness (QED) is 0.622. The van der Waals surface area contributed by atoms with Crippen LogP contribution in [-0.4, -0.2) is 17.5 Å². The van der Waals surface area contributed by atoms with Gasteiger partial charge in [-0.3, -0.25) is 0 Å². The molecule has 17 heavy (non-hydrogen) atoms. The maximum atomic E-state index is 4.32. The third-order valence-electron chi connectivity index (χ3n) is 3.24. The summed E-state index contributed by atoms with van der Waals surface area (Å²) in [5.74, 6) is 2.04. The van der Waals surface area contributed by atoms with Crippen molar-refractivity contribution in [2.24, 2.45) is 0 Å². The van der Waals surface area contributed by atoms with E-state index in [-0.39, 0.29) is 0 Å². The van der Waals surface area contributed by atoms with Gasteiger partial charge in [0.05, 0.1) is 0 Å². The van der Waals surface area contributed by atoms with E-state index in [9.17, 15) is 0 Å². The second-order valence-electron chi connectivity index (χ2n) is 4.51. The van der Waals surface area contributed by atoms with E-state index in [1.807, 2.05) is 11.9 Å². The van der Waals surface area contributed by atoms with Crippen LogP contribution in [0.5, 0.6) is 0 Å². The van der Waals surface area contributed by atoms with Crippen molar-refractivity contribution in [1.29, 1.82) is 0 Å². The molecule has 0 radical (unpaired) electrons. The predicted octanol–water partition coefficient (Wildman–Crippen LogP) is 4.40. The molecular weight excluding hydrogens is 246 g/mol. The van der Waals surface area contributed by atoms with Crippen molar-refractivity contribution in [2.45, 2.75) is 38.1 Å². The number of hydrogen-bond acceptors (Lipinski definition) is 3. The Hall–Kier alpha value is -0.280. The standard InChI is InChI=1S/C14H21NS2/c16-11-12-17-15(13-7-3-1-4-8-13)14-9-5-2-6-10-14/h1,3-4,7-8,14,16H,2,5-6,9-12H2. The molecule has 0 N–H and O–H groups in total. The average Bonchev–Trinajstić information content (AvgIpc) is 2.42. The highest BCUT2D eigenvalue weighted by Crippen LogP contribution is 2.32. The average molecular weight is 267 g/mol. The summed E-state index contributed by atoms with van der Waals surface area (Å²) in [5.41, 5.74) is 1.35. The van der Waals surface area contributed by atoms with Gasteiger partial charge in [0.2, 0.25) is 0 Å². The van der Waals surface area contributed by atoms with Crippen molar-refractivity contribution in [3.8, 4) is 0 Å². The Morgan fingerprint density at radius 3 is 2.47 bits per heavy atom. The largest absolute Gasteiger partial charge is 0.313 e. The van der Waals surface area contributed by atoms with Crippen LogP contribution in [0.3, 0.4) is 0 Å². The van der Waals surface area contributed by atoms with E-state index in [0.717, 1.165) is 17.5 Å². The molecule has 1 aliphatic carbocycles. The van der Waals surface area contributed by atoms with Crippen molar-refractivity contribution >= 4 is 30.3 Å². The SMILES string of the molecule is SCCSN(c1ccccc1)C1CCCCC1. The van der Waals surface area contributed by atoms with Crippen LogP contribution in [0, 0.1) is 0 Å². The molecule has 1 aliphatic rings. The molecule has 0 bridgehead atoms. The van der Waals surface area contributed by atoms with Gasteiger partial charge >= 0.3 is 0 Å². The molecule has 0 spiro atoms. The van der Waals surface area contributed by atoms with Crippen LogP contribution < -0.4 is 4.31 Å². The third-order valence-corrected chi connectivity index (χ3v) is 4.94. The third kappa shape index (κ3) is 3.85. The lowest BCUT2D eigenvalue weighted by atomic mass is 9.95. The molecule has 2 rings (SSSR count). The summed E-state index contributed by atoms with van der Waals surface area (Å²) in [4.78, 5) is 0. The fraction of sp³-hybridized carbons (Fsp3) is 0.571. The minimum Gasteiger partial charge on any atom is -0.313 e. The van der Waals surface area contributed by atoms with E-state index < -0.39 is 0 Å². The second-order valence-corrected chi connectivity index (χ2v) is 6.02. The summed E-state index contributed by atoms with van der Waals surface area (Å²) in [6.07, 6.45) is 6.87. The van der Waals surface area contributed by atoms with Gasteiger partial charge in [-0.25, -0.2) is 0 Å². The Morgan fingerprint density at radius 2 is 1.82 bits per heavy atom. The number of hydrogen-bond donors (Lipinski definition) is 1. The Bertz CT molecular complexity index is 309. The van der Waals surface area contributed by atoms with Crippen LogP contribution in [-0.2, 0) is 0 Å². The van der Waals surface area contributed by atoms with E-state index in [2.05, 4.69) is 47.3 Å². The van der Waals surface area contributed by atoms with Gasteiger partial charge in [-0.05, 0) is 36.9 Å². The van der Waals surface area contributed by atoms with Gasteiger partial charge in [0.25, 0.3) is 0 Å². The first-order valence-electron chi connectivity index (χ1n) is 6.50. The fourth-order valence-corrected chi connectivity index (χ4v) is 3.64. The highest BCUT2D eigenvalue weighted by molar-refractivity contribution is 8.01. The molecule has 1 saturated carbocycles. The lowest BCUT2D eigenvalue weighted by Gasteiger charge is -2.34. The van der Waals surface area contributed by atoms with Crippen LogP contribution in [0.1, 0.15) is 32.1 Å². The van der Waals surface area contributed by atoms with E-state index in [1.165, 1.54) is 37.8 Å². The summed E-state index contributed by atoms with van der Waals surface area (Å²) in [7, 11) is 0. The van der Waals surface area contributed by atoms with Gasteiger partial charge in [0, 0.05) is 23.2 Å². The van der Waals surface area contributed by atoms with Gasteiger partial charge in [0.1, 0.15) is 0 Å². The molecule has 0 atom stereocenters. The summed E-state index contributed by atoms with van der Waals surface area (Å²) >= 11 is 6.26. The highest BCUT2D eigenvalue weighted by Gasteiger charge is 2.21. The fourth-order valence-electron chi connectivity index (χ4n) is 2.42. The maximum absolute atomic E-state index is 4.32. The zero-order chi connectivity index (χ0) is 11.9. The van der Waals surface area contributed by atoms with Gasteiger partial charge in [-0.1, -0.05) is 37.5 Å². The monoisotopic (exact) mass is 267 g/mol. The van der Waals surface area contributed by atoms with E-state index >= 15 is 0 Å². The van der Waals surface area contributed by atoms with Gasteiger partial charge < -0.3 is 4.31 Å². The first kappa shape index (κ1) is 13.2. The van der Waals surface area contributed by atoms with Crippen molar-refractivity contribution in [2.75, 3.05) is 15.8 Å². The summed E-state index contributed by atoms with van der Waals surface area (Å²) in [5, 5.41) is 0. The Morgan fingerprint density at radius 1 is 1.12 bits per heavy atom. The molecule has 0 saturated heterocycles. The van der Waals surface area contributed by atoms with E-state index in [1.54, 1.807) is 0 Å². The first-order valence-corrected chi connectivity index (χ1v) is 8.07. The maximum Gasteiger partial charge on any atom is 0.0473 e. The summed E-state index contributed by atoms with van der Waals surface area (Å²) in [6.45, 7) is 0. The number of rotatable bonds is 5. The molecule has 0 heterocycles. The number of thiol groups is 1. The molecule has 0 amide bonds. The van der Waals surface area contributed by atoms with Gasteiger partial charge in [-0.15, -0.1) is 0 Å². The second kappa shape index (κ2) is 7.22. The molecule has 0 aromatic heterocycles. The molecule has 0 aliphatic heterocycles. The first-order chi connectivity index (χ1) is 8.42. The van der Waals surface area contributed by atoms with Crippen LogP contribution >= 0.6 is 24.6 Å². The Labute approximate surface area is 115 Å². The highest BCUT2D eigenvalue weighted by atomic mass is 32.2. The molecule has 1 nitrogen and oxygen atoms in total. The molecule has 94 valence electrons. The zero-order valence-corrected chi connectivity index (χ0v) is 11.9. The normalized spacial score (nSPS) is 17.0. The Kier molecular flexibility index (Phi) is 5.59. The molecule has 1 aromatic rings. The number of para-hydroxylation sites is 1. The van der Waals surface area contributed by atoms with Gasteiger partial charge in [0.15, 0.2) is 0 Å². The molecule has 1 fully saturated rings. The van der Waals surface area contributed by atoms with Crippen molar-refractivity contribution in [3.63, 3.8) is 0 Å². The topological polar surface area (TPSA) is 3.24 Å². The molecule has 0 unspecified atom stereocenters. The lowest BCUT2D eigenvalue weighted by molar-refractivity contribution is 0.447. The number of nitrogens with zero attached hydrogens (tertiary/aromatic N) is 1. The van der Waals surface area contributed by atoms with Crippen LogP contribution in [0.25, 0.3) is 0 Å². The smallest absolute Gasteiger partial charge is 0.0473 e. The van der Waals surface area contributed by atoms with Crippen LogP contribution in [0.2, 0.25) is 0 Å². The van der Waals surface area contributed by atoms with Crippen LogP contribution in [0.4, 0.5) is 5.69 Å². The summed E-state index contributed by atoms with van der Waals surface area (Å²) < 4.78 is 2.52. The van der Waals surface area contributed by atoms with Gasteiger partial charge in [-0.2, -0.15) is 12.6 Å². The number of anilines is 1. The summed E-state index contributed by atoms with van der Waals surface area (Å²) in [6, 6.07) is 11.5. The van der Waals surface area contributed by atoms with Crippen molar-refractivity contribution in [3.05, 3.63) is 30.3 Å². The van der Waals surface area contributed by atoms with Crippen molar-refractivity contribution < 1.29 is 0 Å². The number of benzene rings is 1. The molecule has 1 aromatic carbocycles. The minimum absolute atomic E-state index is 0.719. The van der Waals surface area contributed by atoms with E-state index in [4.69, 9.17) is 0 Å². The lowest BCUT2D eigenvalue weighted by Crippen LogP contribution is -2.31. The van der Waals surface area contributed by atoms with Crippen molar-refractivity contribution in [1.82, 2.24) is 0 Å². The van der Waals surface area contributed by atoms with E-state index in [0.29, 0.717) is 0 Å².